The van der Waals surface area contributed by atoms with Gasteiger partial charge >= 0.3 is 0 Å². The number of nitrogens with zero attached hydrogens (tertiary/aromatic N) is 2. The molecule has 0 atom stereocenters. The number of hydrogen-bond donors (Lipinski definition) is 1. The average molecular weight is 245 g/mol. The van der Waals surface area contributed by atoms with Crippen molar-refractivity contribution in [1.82, 2.24) is 10.2 Å². The van der Waals surface area contributed by atoms with Gasteiger partial charge in [0.1, 0.15) is 0 Å². The number of carbonyl (C=O) groups excluding carboxylic acids is 1. The summed E-state index contributed by atoms with van der Waals surface area (Å²) >= 11 is 0. The fourth-order valence-electron chi connectivity index (χ4n) is 1.65. The third-order valence-electron chi connectivity index (χ3n) is 2.75. The summed E-state index contributed by atoms with van der Waals surface area (Å²) in [6.45, 7) is 1.44. The van der Waals surface area contributed by atoms with E-state index in [0.29, 0.717) is 18.5 Å². The molecular weight excluding hydrogens is 226 g/mol. The molecule has 0 fully saturated rings. The smallest absolute Gasteiger partial charge is 0.222 e. The molecule has 0 saturated heterocycles. The van der Waals surface area contributed by atoms with Gasteiger partial charge in [-0.3, -0.25) is 4.79 Å². The highest BCUT2D eigenvalue weighted by molar-refractivity contribution is 5.75. The van der Waals surface area contributed by atoms with Crippen molar-refractivity contribution in [3.8, 4) is 6.07 Å². The molecular formula is C14H19N3O. The monoisotopic (exact) mass is 245 g/mol. The van der Waals surface area contributed by atoms with Crippen LogP contribution in [-0.4, -0.2) is 31.4 Å². The highest BCUT2D eigenvalue weighted by Crippen LogP contribution is 2.07. The topological polar surface area (TPSA) is 56.1 Å². The Morgan fingerprint density at radius 3 is 2.61 bits per heavy atom. The van der Waals surface area contributed by atoms with Crippen molar-refractivity contribution in [3.05, 3.63) is 35.4 Å². The molecule has 1 N–H and O–H groups in total. The predicted octanol–water partition coefficient (Wildman–Crippen LogP) is 1.52. The highest BCUT2D eigenvalue weighted by atomic mass is 16.2. The van der Waals surface area contributed by atoms with Crippen LogP contribution in [-0.2, 0) is 11.3 Å². The number of nitrogens with one attached hydrogen (secondary N) is 1. The van der Waals surface area contributed by atoms with Gasteiger partial charge in [-0.05, 0) is 37.7 Å². The Hall–Kier alpha value is -1.86. The Balaban J connectivity index is 2.45. The number of hydrogen-bond acceptors (Lipinski definition) is 3. The van der Waals surface area contributed by atoms with E-state index in [1.54, 1.807) is 24.1 Å². The lowest BCUT2D eigenvalue weighted by atomic mass is 10.1. The summed E-state index contributed by atoms with van der Waals surface area (Å²) in [6.07, 6.45) is 1.42. The average Bonchev–Trinajstić information content (AvgIpc) is 2.39. The van der Waals surface area contributed by atoms with E-state index in [1.807, 2.05) is 19.2 Å². The molecule has 0 aliphatic rings. The van der Waals surface area contributed by atoms with Gasteiger partial charge in [0.15, 0.2) is 0 Å². The number of amides is 1. The third-order valence-corrected chi connectivity index (χ3v) is 2.75. The zero-order valence-electron chi connectivity index (χ0n) is 10.9. The van der Waals surface area contributed by atoms with Gasteiger partial charge in [-0.25, -0.2) is 0 Å². The number of benzene rings is 1. The molecule has 1 aromatic rings. The van der Waals surface area contributed by atoms with E-state index in [4.69, 9.17) is 5.26 Å². The van der Waals surface area contributed by atoms with E-state index in [2.05, 4.69) is 11.4 Å². The van der Waals surface area contributed by atoms with E-state index in [-0.39, 0.29) is 5.91 Å². The van der Waals surface area contributed by atoms with E-state index < -0.39 is 0 Å². The second-order valence-corrected chi connectivity index (χ2v) is 4.27. The molecule has 1 rings (SSSR count). The van der Waals surface area contributed by atoms with Crippen molar-refractivity contribution in [2.75, 3.05) is 20.6 Å². The molecule has 0 bridgehead atoms. The summed E-state index contributed by atoms with van der Waals surface area (Å²) in [6, 6.07) is 9.39. The van der Waals surface area contributed by atoms with Crippen molar-refractivity contribution in [2.45, 2.75) is 19.4 Å². The van der Waals surface area contributed by atoms with E-state index in [0.717, 1.165) is 18.5 Å². The lowest BCUT2D eigenvalue weighted by Crippen LogP contribution is -2.26. The van der Waals surface area contributed by atoms with Crippen LogP contribution in [0, 0.1) is 11.3 Å². The Kier molecular flexibility index (Phi) is 5.89. The standard InChI is InChI=1S/C14H19N3O/c1-16-9-3-4-14(18)17(2)11-13-7-5-12(10-15)6-8-13/h5-8,16H,3-4,9,11H2,1-2H3. The molecule has 0 unspecified atom stereocenters. The molecule has 1 aromatic carbocycles. The Morgan fingerprint density at radius 2 is 2.06 bits per heavy atom. The summed E-state index contributed by atoms with van der Waals surface area (Å²) < 4.78 is 0. The van der Waals surface area contributed by atoms with Gasteiger partial charge in [0, 0.05) is 20.0 Å². The largest absolute Gasteiger partial charge is 0.341 e. The highest BCUT2D eigenvalue weighted by Gasteiger charge is 2.08. The van der Waals surface area contributed by atoms with Crippen LogP contribution in [0.3, 0.4) is 0 Å². The number of carbonyl (C=O) groups is 1. The van der Waals surface area contributed by atoms with Crippen molar-refractivity contribution < 1.29 is 4.79 Å². The van der Waals surface area contributed by atoms with Gasteiger partial charge in [-0.1, -0.05) is 12.1 Å². The minimum atomic E-state index is 0.148. The molecule has 0 heterocycles. The molecule has 0 radical (unpaired) electrons. The zero-order chi connectivity index (χ0) is 13.4. The molecule has 0 spiro atoms. The zero-order valence-corrected chi connectivity index (χ0v) is 10.9. The van der Waals surface area contributed by atoms with Gasteiger partial charge in [-0.15, -0.1) is 0 Å². The molecule has 4 nitrogen and oxygen atoms in total. The third kappa shape index (κ3) is 4.56. The van der Waals surface area contributed by atoms with Gasteiger partial charge in [0.05, 0.1) is 11.6 Å². The first-order valence-electron chi connectivity index (χ1n) is 6.05. The first-order chi connectivity index (χ1) is 8.67. The fourth-order valence-corrected chi connectivity index (χ4v) is 1.65. The molecule has 0 aliphatic heterocycles. The van der Waals surface area contributed by atoms with Gasteiger partial charge in [0.25, 0.3) is 0 Å². The fraction of sp³-hybridized carbons (Fsp3) is 0.429. The lowest BCUT2D eigenvalue weighted by Gasteiger charge is -2.17. The number of nitriles is 1. The predicted molar refractivity (Wildman–Crippen MR) is 70.8 cm³/mol. The maximum Gasteiger partial charge on any atom is 0.222 e. The van der Waals surface area contributed by atoms with Crippen LogP contribution in [0.1, 0.15) is 24.0 Å². The Labute approximate surface area is 108 Å². The lowest BCUT2D eigenvalue weighted by molar-refractivity contribution is -0.130. The normalized spacial score (nSPS) is 9.83. The molecule has 0 aliphatic carbocycles. The quantitative estimate of drug-likeness (QED) is 0.773. The van der Waals surface area contributed by atoms with Crippen LogP contribution >= 0.6 is 0 Å². The first-order valence-corrected chi connectivity index (χ1v) is 6.05. The van der Waals surface area contributed by atoms with Crippen molar-refractivity contribution in [3.63, 3.8) is 0 Å². The van der Waals surface area contributed by atoms with E-state index in [9.17, 15) is 4.79 Å². The van der Waals surface area contributed by atoms with Crippen LogP contribution in [0.5, 0.6) is 0 Å². The molecule has 18 heavy (non-hydrogen) atoms. The Morgan fingerprint density at radius 1 is 1.39 bits per heavy atom. The SMILES string of the molecule is CNCCCC(=O)N(C)Cc1ccc(C#N)cc1. The van der Waals surface area contributed by atoms with Crippen LogP contribution in [0.4, 0.5) is 0 Å². The van der Waals surface area contributed by atoms with Gasteiger partial charge in [0.2, 0.25) is 5.91 Å². The van der Waals surface area contributed by atoms with Crippen LogP contribution in [0.25, 0.3) is 0 Å². The molecule has 0 aromatic heterocycles. The van der Waals surface area contributed by atoms with Gasteiger partial charge in [-0.2, -0.15) is 5.26 Å². The second kappa shape index (κ2) is 7.46. The molecule has 4 heteroatoms. The molecule has 1 amide bonds. The second-order valence-electron chi connectivity index (χ2n) is 4.27. The molecule has 0 saturated carbocycles. The van der Waals surface area contributed by atoms with Crippen LogP contribution in [0.2, 0.25) is 0 Å². The van der Waals surface area contributed by atoms with E-state index in [1.165, 1.54) is 0 Å². The minimum absolute atomic E-state index is 0.148. The maximum absolute atomic E-state index is 11.8. The van der Waals surface area contributed by atoms with Crippen molar-refractivity contribution >= 4 is 5.91 Å². The minimum Gasteiger partial charge on any atom is -0.341 e. The summed E-state index contributed by atoms with van der Waals surface area (Å²) in [5.41, 5.74) is 1.68. The summed E-state index contributed by atoms with van der Waals surface area (Å²) in [5.74, 6) is 0.148. The van der Waals surface area contributed by atoms with Crippen LogP contribution < -0.4 is 5.32 Å². The molecule has 96 valence electrons. The van der Waals surface area contributed by atoms with Crippen molar-refractivity contribution in [1.29, 1.82) is 5.26 Å². The summed E-state index contributed by atoms with van der Waals surface area (Å²) in [7, 11) is 3.69. The maximum atomic E-state index is 11.8. The van der Waals surface area contributed by atoms with Crippen LogP contribution in [0.15, 0.2) is 24.3 Å². The number of rotatable bonds is 6. The van der Waals surface area contributed by atoms with Crippen molar-refractivity contribution in [2.24, 2.45) is 0 Å². The first kappa shape index (κ1) is 14.2. The summed E-state index contributed by atoms with van der Waals surface area (Å²) in [5, 5.41) is 11.7. The Bertz CT molecular complexity index is 420. The summed E-state index contributed by atoms with van der Waals surface area (Å²) in [4.78, 5) is 13.5. The van der Waals surface area contributed by atoms with Gasteiger partial charge < -0.3 is 10.2 Å². The van der Waals surface area contributed by atoms with E-state index >= 15 is 0 Å².